The molecule has 1 aromatic carbocycles. The van der Waals surface area contributed by atoms with E-state index in [0.29, 0.717) is 17.7 Å². The molecule has 0 saturated heterocycles. The molecule has 1 rings (SSSR count). The van der Waals surface area contributed by atoms with Gasteiger partial charge in [0.25, 0.3) is 0 Å². The van der Waals surface area contributed by atoms with Crippen LogP contribution in [0.15, 0.2) is 36.4 Å². The maximum atomic E-state index is 12.0. The topological polar surface area (TPSA) is 37.4 Å². The predicted molar refractivity (Wildman–Crippen MR) is 69.5 cm³/mol. The van der Waals surface area contributed by atoms with E-state index in [2.05, 4.69) is 6.58 Å². The normalized spacial score (nSPS) is 9.76. The summed E-state index contributed by atoms with van der Waals surface area (Å²) in [6.07, 6.45) is 0.839. The van der Waals surface area contributed by atoms with Gasteiger partial charge in [0.05, 0.1) is 6.54 Å². The SMILES string of the molecule is C=C(C)C(=O)c1ccccc1N(CC)CC=O. The Balaban J connectivity index is 3.18. The Hall–Kier alpha value is -1.90. The molecular formula is C14H17NO2. The summed E-state index contributed by atoms with van der Waals surface area (Å²) in [6.45, 7) is 8.27. The lowest BCUT2D eigenvalue weighted by Gasteiger charge is -2.22. The van der Waals surface area contributed by atoms with Crippen molar-refractivity contribution in [3.05, 3.63) is 42.0 Å². The van der Waals surface area contributed by atoms with Crippen LogP contribution in [0.4, 0.5) is 5.69 Å². The molecule has 3 heteroatoms. The summed E-state index contributed by atoms with van der Waals surface area (Å²) in [5.41, 5.74) is 1.89. The fraction of sp³-hybridized carbons (Fsp3) is 0.286. The molecule has 0 spiro atoms. The number of carbonyl (C=O) groups is 2. The van der Waals surface area contributed by atoms with Crippen LogP contribution in [0.5, 0.6) is 0 Å². The van der Waals surface area contributed by atoms with Crippen LogP contribution >= 0.6 is 0 Å². The van der Waals surface area contributed by atoms with Crippen molar-refractivity contribution in [2.75, 3.05) is 18.0 Å². The fourth-order valence-electron chi connectivity index (χ4n) is 1.66. The molecule has 3 nitrogen and oxygen atoms in total. The van der Waals surface area contributed by atoms with Crippen LogP contribution in [-0.2, 0) is 4.79 Å². The number of allylic oxidation sites excluding steroid dienone is 1. The van der Waals surface area contributed by atoms with Gasteiger partial charge in [-0.2, -0.15) is 0 Å². The molecule has 0 aromatic heterocycles. The van der Waals surface area contributed by atoms with Crippen molar-refractivity contribution in [1.82, 2.24) is 0 Å². The molecule has 0 radical (unpaired) electrons. The first-order chi connectivity index (χ1) is 8.11. The second-order valence-corrected chi connectivity index (χ2v) is 3.83. The lowest BCUT2D eigenvalue weighted by Crippen LogP contribution is -2.26. The molecule has 0 aliphatic rings. The average Bonchev–Trinajstić information content (AvgIpc) is 2.35. The first-order valence-corrected chi connectivity index (χ1v) is 5.59. The number of ketones is 1. The van der Waals surface area contributed by atoms with Crippen LogP contribution in [0.25, 0.3) is 0 Å². The zero-order valence-electron chi connectivity index (χ0n) is 10.3. The summed E-state index contributed by atoms with van der Waals surface area (Å²) in [6, 6.07) is 7.29. The standard InChI is InChI=1S/C14H17NO2/c1-4-15(9-10-16)13-8-6-5-7-12(13)14(17)11(2)3/h5-8,10H,2,4,9H2,1,3H3. The molecular weight excluding hydrogens is 214 g/mol. The Labute approximate surface area is 102 Å². The minimum atomic E-state index is -0.0788. The maximum absolute atomic E-state index is 12.0. The highest BCUT2D eigenvalue weighted by Crippen LogP contribution is 2.22. The third-order valence-electron chi connectivity index (χ3n) is 2.55. The van der Waals surface area contributed by atoms with Crippen LogP contribution in [0.3, 0.4) is 0 Å². The summed E-state index contributed by atoms with van der Waals surface area (Å²) >= 11 is 0. The van der Waals surface area contributed by atoms with Gasteiger partial charge in [-0.3, -0.25) is 4.79 Å². The lowest BCUT2D eigenvalue weighted by atomic mass is 10.0. The largest absolute Gasteiger partial charge is 0.364 e. The fourth-order valence-corrected chi connectivity index (χ4v) is 1.66. The van der Waals surface area contributed by atoms with Crippen LogP contribution in [0.2, 0.25) is 0 Å². The number of likely N-dealkylation sites (N-methyl/N-ethyl adjacent to an activating group) is 1. The van der Waals surface area contributed by atoms with Crippen LogP contribution in [-0.4, -0.2) is 25.2 Å². The third kappa shape index (κ3) is 3.03. The number of para-hydroxylation sites is 1. The van der Waals surface area contributed by atoms with Gasteiger partial charge in [0, 0.05) is 17.8 Å². The molecule has 0 fully saturated rings. The van der Waals surface area contributed by atoms with E-state index in [9.17, 15) is 9.59 Å². The highest BCUT2D eigenvalue weighted by molar-refractivity contribution is 6.11. The molecule has 17 heavy (non-hydrogen) atoms. The number of hydrogen-bond acceptors (Lipinski definition) is 3. The van der Waals surface area contributed by atoms with Crippen molar-refractivity contribution in [3.8, 4) is 0 Å². The van der Waals surface area contributed by atoms with Crippen molar-refractivity contribution in [2.45, 2.75) is 13.8 Å². The third-order valence-corrected chi connectivity index (χ3v) is 2.55. The van der Waals surface area contributed by atoms with Gasteiger partial charge < -0.3 is 9.69 Å². The Morgan fingerprint density at radius 1 is 1.41 bits per heavy atom. The van der Waals surface area contributed by atoms with Gasteiger partial charge in [-0.25, -0.2) is 0 Å². The van der Waals surface area contributed by atoms with E-state index in [0.717, 1.165) is 12.0 Å². The summed E-state index contributed by atoms with van der Waals surface area (Å²) < 4.78 is 0. The minimum absolute atomic E-state index is 0.0788. The second kappa shape index (κ2) is 5.99. The van der Waals surface area contributed by atoms with Crippen molar-refractivity contribution >= 4 is 17.8 Å². The number of hydrogen-bond donors (Lipinski definition) is 0. The van der Waals surface area contributed by atoms with Crippen LogP contribution in [0, 0.1) is 0 Å². The van der Waals surface area contributed by atoms with E-state index in [-0.39, 0.29) is 12.3 Å². The van der Waals surface area contributed by atoms with Gasteiger partial charge in [0.2, 0.25) is 0 Å². The molecule has 0 bridgehead atoms. The number of Topliss-reactive ketones (excluding diaryl/α,β-unsaturated/α-hetero) is 1. The zero-order valence-corrected chi connectivity index (χ0v) is 10.3. The zero-order chi connectivity index (χ0) is 12.8. The number of rotatable bonds is 6. The highest BCUT2D eigenvalue weighted by atomic mass is 16.1. The molecule has 1 aromatic rings. The van der Waals surface area contributed by atoms with E-state index in [1.165, 1.54) is 0 Å². The molecule has 0 atom stereocenters. The minimum Gasteiger partial charge on any atom is -0.364 e. The smallest absolute Gasteiger partial charge is 0.190 e. The van der Waals surface area contributed by atoms with Gasteiger partial charge in [0.15, 0.2) is 5.78 Å². The van der Waals surface area contributed by atoms with Gasteiger partial charge >= 0.3 is 0 Å². The number of benzene rings is 1. The van der Waals surface area contributed by atoms with Crippen molar-refractivity contribution in [2.24, 2.45) is 0 Å². The number of nitrogens with zero attached hydrogens (tertiary/aromatic N) is 1. The number of anilines is 1. The maximum Gasteiger partial charge on any atom is 0.190 e. The summed E-state index contributed by atoms with van der Waals surface area (Å²) in [5.74, 6) is -0.0788. The quantitative estimate of drug-likeness (QED) is 0.429. The van der Waals surface area contributed by atoms with E-state index < -0.39 is 0 Å². The second-order valence-electron chi connectivity index (χ2n) is 3.83. The van der Waals surface area contributed by atoms with Gasteiger partial charge in [0.1, 0.15) is 6.29 Å². The summed E-state index contributed by atoms with van der Waals surface area (Å²) in [4.78, 5) is 24.5. The van der Waals surface area contributed by atoms with Gasteiger partial charge in [-0.05, 0) is 31.6 Å². The molecule has 0 heterocycles. The van der Waals surface area contributed by atoms with Crippen LogP contribution in [0.1, 0.15) is 24.2 Å². The molecule has 0 amide bonds. The Kier molecular flexibility index (Phi) is 4.64. The number of carbonyl (C=O) groups excluding carboxylic acids is 2. The molecule has 0 N–H and O–H groups in total. The van der Waals surface area contributed by atoms with Crippen LogP contribution < -0.4 is 4.90 Å². The molecule has 0 aliphatic heterocycles. The molecule has 0 saturated carbocycles. The van der Waals surface area contributed by atoms with Gasteiger partial charge in [-0.15, -0.1) is 0 Å². The predicted octanol–water partition coefficient (Wildman–Crippen LogP) is 2.47. The highest BCUT2D eigenvalue weighted by Gasteiger charge is 2.15. The van der Waals surface area contributed by atoms with E-state index in [1.807, 2.05) is 30.0 Å². The monoisotopic (exact) mass is 231 g/mol. The first-order valence-electron chi connectivity index (χ1n) is 5.59. The molecule has 0 unspecified atom stereocenters. The van der Waals surface area contributed by atoms with Gasteiger partial charge in [-0.1, -0.05) is 18.7 Å². The Morgan fingerprint density at radius 2 is 2.06 bits per heavy atom. The molecule has 0 aliphatic carbocycles. The van der Waals surface area contributed by atoms with E-state index in [4.69, 9.17) is 0 Å². The molecule has 90 valence electrons. The summed E-state index contributed by atoms with van der Waals surface area (Å²) in [5, 5.41) is 0. The van der Waals surface area contributed by atoms with Crippen molar-refractivity contribution in [3.63, 3.8) is 0 Å². The summed E-state index contributed by atoms with van der Waals surface area (Å²) in [7, 11) is 0. The Bertz CT molecular complexity index is 438. The first kappa shape index (κ1) is 13.2. The van der Waals surface area contributed by atoms with E-state index in [1.54, 1.807) is 13.0 Å². The average molecular weight is 231 g/mol. The lowest BCUT2D eigenvalue weighted by molar-refractivity contribution is -0.106. The number of aldehydes is 1. The van der Waals surface area contributed by atoms with E-state index >= 15 is 0 Å². The van der Waals surface area contributed by atoms with Crippen molar-refractivity contribution < 1.29 is 9.59 Å². The Morgan fingerprint density at radius 3 is 2.59 bits per heavy atom. The van der Waals surface area contributed by atoms with Crippen molar-refractivity contribution in [1.29, 1.82) is 0 Å².